The van der Waals surface area contributed by atoms with Crippen LogP contribution < -0.4 is 5.73 Å². The molecule has 0 radical (unpaired) electrons. The maximum Gasteiger partial charge on any atom is 0.341 e. The highest BCUT2D eigenvalue weighted by atomic mass is 32.1. The number of ether oxygens (including phenoxy) is 1. The molecule has 6 atom stereocenters. The van der Waals surface area contributed by atoms with Gasteiger partial charge in [0.25, 0.3) is 0 Å². The second-order valence-electron chi connectivity index (χ2n) is 9.95. The summed E-state index contributed by atoms with van der Waals surface area (Å²) in [5, 5.41) is 10.8. The van der Waals surface area contributed by atoms with E-state index in [2.05, 4.69) is 19.9 Å². The van der Waals surface area contributed by atoms with Crippen molar-refractivity contribution in [2.75, 3.05) is 12.8 Å². The van der Waals surface area contributed by atoms with Gasteiger partial charge in [0.1, 0.15) is 5.00 Å². The minimum absolute atomic E-state index is 0.0179. The summed E-state index contributed by atoms with van der Waals surface area (Å²) < 4.78 is 5.08. The van der Waals surface area contributed by atoms with Gasteiger partial charge in [0.15, 0.2) is 0 Å². The zero-order chi connectivity index (χ0) is 19.8. The maximum atomic E-state index is 12.5. The molecular weight excluding hydrogens is 370 g/mol. The van der Waals surface area contributed by atoms with Gasteiger partial charge in [0, 0.05) is 4.88 Å². The molecule has 0 spiro atoms. The van der Waals surface area contributed by atoms with E-state index < -0.39 is 0 Å². The Balaban J connectivity index is 1.54. The number of hydrogen-bond donors (Lipinski definition) is 2. The molecular formula is C23H31NO3S. The van der Waals surface area contributed by atoms with E-state index in [1.807, 2.05) is 0 Å². The molecule has 2 fully saturated rings. The van der Waals surface area contributed by atoms with Gasteiger partial charge in [-0.3, -0.25) is 0 Å². The fraction of sp³-hybridized carbons (Fsp3) is 0.696. The van der Waals surface area contributed by atoms with E-state index in [1.165, 1.54) is 29.5 Å². The number of allylic oxidation sites excluding steroid dienone is 1. The Kier molecular flexibility index (Phi) is 4.06. The molecule has 0 aliphatic heterocycles. The molecule has 0 amide bonds. The monoisotopic (exact) mass is 401 g/mol. The molecule has 4 nitrogen and oxygen atoms in total. The normalized spacial score (nSPS) is 41.4. The number of anilines is 1. The van der Waals surface area contributed by atoms with Crippen molar-refractivity contribution in [3.05, 3.63) is 27.7 Å². The molecule has 4 aliphatic carbocycles. The average Bonchev–Trinajstić information content (AvgIpc) is 3.14. The highest BCUT2D eigenvalue weighted by Gasteiger charge is 2.58. The Bertz CT molecular complexity index is 873. The Hall–Kier alpha value is -1.33. The Morgan fingerprint density at radius 1 is 1.21 bits per heavy atom. The summed E-state index contributed by atoms with van der Waals surface area (Å²) in [5.74, 6) is 1.62. The van der Waals surface area contributed by atoms with Crippen LogP contribution in [0.5, 0.6) is 0 Å². The fourth-order valence-electron chi connectivity index (χ4n) is 7.40. The third kappa shape index (κ3) is 2.29. The second kappa shape index (κ2) is 6.09. The molecule has 6 unspecified atom stereocenters. The number of carbonyl (C=O) groups excluding carboxylic acids is 1. The van der Waals surface area contributed by atoms with Gasteiger partial charge >= 0.3 is 5.97 Å². The van der Waals surface area contributed by atoms with Gasteiger partial charge in [-0.2, -0.15) is 0 Å². The van der Waals surface area contributed by atoms with Crippen molar-refractivity contribution in [3.8, 4) is 0 Å². The highest BCUT2D eigenvalue weighted by Crippen LogP contribution is 2.65. The first kappa shape index (κ1) is 18.7. The number of methoxy groups -OCH3 is 1. The Morgan fingerprint density at radius 2 is 1.96 bits per heavy atom. The van der Waals surface area contributed by atoms with Crippen LogP contribution in [0.4, 0.5) is 5.00 Å². The lowest BCUT2D eigenvalue weighted by Gasteiger charge is -2.57. The number of esters is 1. The maximum absolute atomic E-state index is 12.5. The van der Waals surface area contributed by atoms with Crippen molar-refractivity contribution < 1.29 is 14.6 Å². The van der Waals surface area contributed by atoms with Crippen LogP contribution in [-0.4, -0.2) is 24.3 Å². The summed E-state index contributed by atoms with van der Waals surface area (Å²) in [6.45, 7) is 4.82. The summed E-state index contributed by atoms with van der Waals surface area (Å²) in [4.78, 5) is 13.8. The molecule has 0 aromatic carbocycles. The predicted molar refractivity (Wildman–Crippen MR) is 111 cm³/mol. The number of fused-ring (bicyclic) bond motifs is 7. The van der Waals surface area contributed by atoms with Crippen molar-refractivity contribution in [2.24, 2.45) is 23.2 Å². The lowest BCUT2D eigenvalue weighted by Crippen LogP contribution is -2.51. The molecule has 5 rings (SSSR count). The van der Waals surface area contributed by atoms with E-state index >= 15 is 0 Å². The van der Waals surface area contributed by atoms with Crippen LogP contribution in [0.1, 0.15) is 73.2 Å². The number of rotatable bonds is 1. The van der Waals surface area contributed by atoms with E-state index in [-0.39, 0.29) is 22.9 Å². The fourth-order valence-corrected chi connectivity index (χ4v) is 8.65. The van der Waals surface area contributed by atoms with Gasteiger partial charge < -0.3 is 15.6 Å². The van der Waals surface area contributed by atoms with Crippen molar-refractivity contribution in [1.29, 1.82) is 0 Å². The van der Waals surface area contributed by atoms with Gasteiger partial charge in [0.05, 0.1) is 18.8 Å². The van der Waals surface area contributed by atoms with Gasteiger partial charge in [-0.15, -0.1) is 11.3 Å². The summed E-state index contributed by atoms with van der Waals surface area (Å²) in [5.41, 5.74) is 9.85. The first-order valence-electron chi connectivity index (χ1n) is 10.7. The number of carbonyl (C=O) groups is 1. The largest absolute Gasteiger partial charge is 0.465 e. The Labute approximate surface area is 171 Å². The SMILES string of the molecule is COC(=O)c1c(N)sc2c1C1(C)CCC3C(CC=C4CC(O)CCC43C)C1C2. The van der Waals surface area contributed by atoms with Crippen molar-refractivity contribution in [2.45, 2.75) is 70.3 Å². The number of aliphatic hydroxyl groups is 1. The first-order chi connectivity index (χ1) is 13.3. The topological polar surface area (TPSA) is 72.5 Å². The predicted octanol–water partition coefficient (Wildman–Crippen LogP) is 4.45. The minimum Gasteiger partial charge on any atom is -0.465 e. The van der Waals surface area contributed by atoms with E-state index in [0.29, 0.717) is 28.3 Å². The average molecular weight is 402 g/mol. The molecule has 1 heterocycles. The summed E-state index contributed by atoms with van der Waals surface area (Å²) in [7, 11) is 1.45. The van der Waals surface area contributed by atoms with Crippen LogP contribution in [0.15, 0.2) is 11.6 Å². The second-order valence-corrected chi connectivity index (χ2v) is 11.1. The van der Waals surface area contributed by atoms with E-state index in [4.69, 9.17) is 10.5 Å². The van der Waals surface area contributed by atoms with Gasteiger partial charge in [-0.25, -0.2) is 4.79 Å². The lowest BCUT2D eigenvalue weighted by atomic mass is 9.47. The van der Waals surface area contributed by atoms with Crippen molar-refractivity contribution in [3.63, 3.8) is 0 Å². The zero-order valence-electron chi connectivity index (χ0n) is 17.1. The van der Waals surface area contributed by atoms with Crippen LogP contribution in [0.2, 0.25) is 0 Å². The standard InChI is InChI=1S/C23H31NO3S/c1-22-8-6-13(25)10-12(22)4-5-14-15(22)7-9-23(2)16(14)11-17-19(23)18(20(24)28-17)21(26)27-3/h4,13-16,25H,5-11,24H2,1-3H3. The van der Waals surface area contributed by atoms with Gasteiger partial charge in [0.2, 0.25) is 0 Å². The van der Waals surface area contributed by atoms with Crippen LogP contribution >= 0.6 is 11.3 Å². The smallest absolute Gasteiger partial charge is 0.341 e. The molecule has 1 aromatic heterocycles. The molecule has 0 saturated heterocycles. The lowest BCUT2D eigenvalue weighted by molar-refractivity contribution is -0.0164. The molecule has 2 saturated carbocycles. The van der Waals surface area contributed by atoms with E-state index in [9.17, 15) is 9.90 Å². The van der Waals surface area contributed by atoms with Crippen LogP contribution in [-0.2, 0) is 16.6 Å². The quantitative estimate of drug-likeness (QED) is 0.538. The molecule has 1 aromatic rings. The van der Waals surface area contributed by atoms with Crippen LogP contribution in [0.3, 0.4) is 0 Å². The third-order valence-electron chi connectivity index (χ3n) is 8.84. The molecule has 4 aliphatic rings. The van der Waals surface area contributed by atoms with Gasteiger partial charge in [-0.1, -0.05) is 25.5 Å². The van der Waals surface area contributed by atoms with E-state index in [1.54, 1.807) is 11.3 Å². The highest BCUT2D eigenvalue weighted by molar-refractivity contribution is 7.16. The van der Waals surface area contributed by atoms with Crippen LogP contribution in [0, 0.1) is 23.2 Å². The summed E-state index contributed by atoms with van der Waals surface area (Å²) >= 11 is 1.60. The number of nitrogens with two attached hydrogens (primary N) is 1. The summed E-state index contributed by atoms with van der Waals surface area (Å²) in [6, 6.07) is 0. The molecule has 5 heteroatoms. The number of hydrogen-bond acceptors (Lipinski definition) is 5. The number of thiophene rings is 1. The van der Waals surface area contributed by atoms with E-state index in [0.717, 1.165) is 38.5 Å². The van der Waals surface area contributed by atoms with Gasteiger partial charge in [-0.05, 0) is 79.1 Å². The van der Waals surface area contributed by atoms with Crippen LogP contribution in [0.25, 0.3) is 0 Å². The molecule has 28 heavy (non-hydrogen) atoms. The van der Waals surface area contributed by atoms with Crippen molar-refractivity contribution >= 4 is 22.3 Å². The van der Waals surface area contributed by atoms with Crippen molar-refractivity contribution in [1.82, 2.24) is 0 Å². The molecule has 0 bridgehead atoms. The number of aliphatic hydroxyl groups excluding tert-OH is 1. The zero-order valence-corrected chi connectivity index (χ0v) is 17.9. The first-order valence-corrected chi connectivity index (χ1v) is 11.5. The molecule has 3 N–H and O–H groups in total. The number of nitrogen functional groups attached to an aromatic ring is 1. The summed E-state index contributed by atoms with van der Waals surface area (Å²) in [6.07, 6.45) is 9.64. The third-order valence-corrected chi connectivity index (χ3v) is 9.88. The molecule has 152 valence electrons. The minimum atomic E-state index is -0.280. The Morgan fingerprint density at radius 3 is 2.71 bits per heavy atom.